The maximum atomic E-state index is 11.7. The minimum absolute atomic E-state index is 0.163. The van der Waals surface area contributed by atoms with E-state index in [2.05, 4.69) is 10.6 Å². The van der Waals surface area contributed by atoms with E-state index in [1.54, 1.807) is 18.2 Å². The van der Waals surface area contributed by atoms with Gasteiger partial charge in [0.1, 0.15) is 0 Å². The Morgan fingerprint density at radius 3 is 2.44 bits per heavy atom. The first-order chi connectivity index (χ1) is 8.50. The first-order valence-electron chi connectivity index (χ1n) is 5.60. The Kier molecular flexibility index (Phi) is 6.43. The molecule has 0 aliphatic rings. The number of hydrogen-bond donors (Lipinski definition) is 2. The van der Waals surface area contributed by atoms with Gasteiger partial charge in [-0.25, -0.2) is 0 Å². The van der Waals surface area contributed by atoms with Crippen molar-refractivity contribution in [2.75, 3.05) is 39.0 Å². The molecule has 0 saturated carbocycles. The second kappa shape index (κ2) is 7.59. The molecule has 0 radical (unpaired) electrons. The van der Waals surface area contributed by atoms with Crippen molar-refractivity contribution in [3.05, 3.63) is 28.2 Å². The summed E-state index contributed by atoms with van der Waals surface area (Å²) in [6, 6.07) is 5.10. The van der Waals surface area contributed by atoms with Gasteiger partial charge in [-0.15, -0.1) is 0 Å². The normalized spacial score (nSPS) is 10.7. The predicted molar refractivity (Wildman–Crippen MR) is 76.5 cm³/mol. The van der Waals surface area contributed by atoms with Crippen LogP contribution in [0.15, 0.2) is 18.2 Å². The van der Waals surface area contributed by atoms with Crippen LogP contribution in [0.5, 0.6) is 0 Å². The number of rotatable bonds is 6. The van der Waals surface area contributed by atoms with Crippen LogP contribution in [0.4, 0.5) is 5.69 Å². The van der Waals surface area contributed by atoms with Crippen LogP contribution in [0.2, 0.25) is 10.0 Å². The second-order valence-corrected chi connectivity index (χ2v) is 4.94. The largest absolute Gasteiger partial charge is 0.322 e. The SMILES string of the molecule is CN(C)CCNCC(=O)Nc1c(Cl)cccc1Cl. The zero-order valence-electron chi connectivity index (χ0n) is 10.5. The molecule has 100 valence electrons. The number of halogens is 2. The summed E-state index contributed by atoms with van der Waals surface area (Å²) in [5.41, 5.74) is 0.459. The van der Waals surface area contributed by atoms with Crippen LogP contribution < -0.4 is 10.6 Å². The minimum atomic E-state index is -0.163. The quantitative estimate of drug-likeness (QED) is 0.788. The van der Waals surface area contributed by atoms with E-state index in [0.717, 1.165) is 13.1 Å². The van der Waals surface area contributed by atoms with Crippen LogP contribution in [0, 0.1) is 0 Å². The van der Waals surface area contributed by atoms with Gasteiger partial charge in [-0.2, -0.15) is 0 Å². The molecule has 0 heterocycles. The number of likely N-dealkylation sites (N-methyl/N-ethyl adjacent to an activating group) is 1. The van der Waals surface area contributed by atoms with Gasteiger partial charge < -0.3 is 15.5 Å². The third-order valence-corrected chi connectivity index (χ3v) is 2.88. The molecule has 0 aromatic heterocycles. The molecule has 0 aliphatic carbocycles. The van der Waals surface area contributed by atoms with Crippen molar-refractivity contribution in [2.24, 2.45) is 0 Å². The molecular weight excluding hydrogens is 273 g/mol. The molecule has 1 rings (SSSR count). The fourth-order valence-electron chi connectivity index (χ4n) is 1.31. The van der Waals surface area contributed by atoms with Gasteiger partial charge in [0.05, 0.1) is 22.3 Å². The summed E-state index contributed by atoms with van der Waals surface area (Å²) in [5, 5.41) is 6.59. The van der Waals surface area contributed by atoms with E-state index in [4.69, 9.17) is 23.2 Å². The highest BCUT2D eigenvalue weighted by molar-refractivity contribution is 6.39. The van der Waals surface area contributed by atoms with Gasteiger partial charge in [-0.1, -0.05) is 29.3 Å². The number of para-hydroxylation sites is 1. The molecule has 0 bridgehead atoms. The monoisotopic (exact) mass is 289 g/mol. The Hall–Kier alpha value is -0.810. The van der Waals surface area contributed by atoms with Crippen molar-refractivity contribution in [2.45, 2.75) is 0 Å². The van der Waals surface area contributed by atoms with E-state index < -0.39 is 0 Å². The number of amides is 1. The lowest BCUT2D eigenvalue weighted by Crippen LogP contribution is -2.33. The molecular formula is C12H17Cl2N3O. The average molecular weight is 290 g/mol. The average Bonchev–Trinajstić information content (AvgIpc) is 2.29. The zero-order valence-corrected chi connectivity index (χ0v) is 12.0. The molecule has 18 heavy (non-hydrogen) atoms. The summed E-state index contributed by atoms with van der Waals surface area (Å²) in [4.78, 5) is 13.7. The highest BCUT2D eigenvalue weighted by Gasteiger charge is 2.08. The number of benzene rings is 1. The van der Waals surface area contributed by atoms with E-state index in [-0.39, 0.29) is 12.5 Å². The van der Waals surface area contributed by atoms with Crippen LogP contribution in [-0.4, -0.2) is 44.5 Å². The fourth-order valence-corrected chi connectivity index (χ4v) is 1.80. The number of carbonyl (C=O) groups excluding carboxylic acids is 1. The van der Waals surface area contributed by atoms with Gasteiger partial charge in [-0.3, -0.25) is 4.79 Å². The first-order valence-corrected chi connectivity index (χ1v) is 6.35. The van der Waals surface area contributed by atoms with E-state index in [9.17, 15) is 4.79 Å². The summed E-state index contributed by atoms with van der Waals surface area (Å²) in [7, 11) is 3.95. The van der Waals surface area contributed by atoms with Crippen molar-refractivity contribution < 1.29 is 4.79 Å². The lowest BCUT2D eigenvalue weighted by atomic mass is 10.3. The zero-order chi connectivity index (χ0) is 13.5. The molecule has 6 heteroatoms. The topological polar surface area (TPSA) is 44.4 Å². The maximum absolute atomic E-state index is 11.7. The fraction of sp³-hybridized carbons (Fsp3) is 0.417. The Morgan fingerprint density at radius 2 is 1.89 bits per heavy atom. The number of nitrogens with zero attached hydrogens (tertiary/aromatic N) is 1. The molecule has 1 amide bonds. The lowest BCUT2D eigenvalue weighted by molar-refractivity contribution is -0.115. The Morgan fingerprint density at radius 1 is 1.28 bits per heavy atom. The van der Waals surface area contributed by atoms with Crippen LogP contribution in [-0.2, 0) is 4.79 Å². The highest BCUT2D eigenvalue weighted by atomic mass is 35.5. The molecule has 2 N–H and O–H groups in total. The summed E-state index contributed by atoms with van der Waals surface area (Å²) in [5.74, 6) is -0.163. The number of carbonyl (C=O) groups is 1. The first kappa shape index (κ1) is 15.2. The molecule has 4 nitrogen and oxygen atoms in total. The third kappa shape index (κ3) is 5.23. The molecule has 1 aromatic rings. The van der Waals surface area contributed by atoms with Crippen molar-refractivity contribution in [3.63, 3.8) is 0 Å². The predicted octanol–water partition coefficient (Wildman–Crippen LogP) is 2.08. The van der Waals surface area contributed by atoms with Gasteiger partial charge in [0.25, 0.3) is 0 Å². The van der Waals surface area contributed by atoms with Crippen molar-refractivity contribution >= 4 is 34.8 Å². The maximum Gasteiger partial charge on any atom is 0.238 e. The number of hydrogen-bond acceptors (Lipinski definition) is 3. The Balaban J connectivity index is 2.40. The lowest BCUT2D eigenvalue weighted by Gasteiger charge is -2.11. The smallest absolute Gasteiger partial charge is 0.238 e. The number of anilines is 1. The van der Waals surface area contributed by atoms with Crippen molar-refractivity contribution in [1.82, 2.24) is 10.2 Å². The highest BCUT2D eigenvalue weighted by Crippen LogP contribution is 2.29. The summed E-state index contributed by atoms with van der Waals surface area (Å²) >= 11 is 11.9. The van der Waals surface area contributed by atoms with Crippen molar-refractivity contribution in [3.8, 4) is 0 Å². The van der Waals surface area contributed by atoms with Gasteiger partial charge in [0.15, 0.2) is 0 Å². The van der Waals surface area contributed by atoms with E-state index in [0.29, 0.717) is 15.7 Å². The second-order valence-electron chi connectivity index (χ2n) is 4.12. The molecule has 0 saturated heterocycles. The van der Waals surface area contributed by atoms with Crippen LogP contribution in [0.1, 0.15) is 0 Å². The van der Waals surface area contributed by atoms with Crippen LogP contribution >= 0.6 is 23.2 Å². The van der Waals surface area contributed by atoms with Crippen molar-refractivity contribution in [1.29, 1.82) is 0 Å². The van der Waals surface area contributed by atoms with E-state index in [1.165, 1.54) is 0 Å². The van der Waals surface area contributed by atoms with Gasteiger partial charge >= 0.3 is 0 Å². The van der Waals surface area contributed by atoms with Gasteiger partial charge in [0.2, 0.25) is 5.91 Å². The Bertz CT molecular complexity index is 390. The van der Waals surface area contributed by atoms with E-state index >= 15 is 0 Å². The summed E-state index contributed by atoms with van der Waals surface area (Å²) < 4.78 is 0. The summed E-state index contributed by atoms with van der Waals surface area (Å²) in [6.45, 7) is 1.85. The molecule has 0 unspecified atom stereocenters. The van der Waals surface area contributed by atoms with E-state index in [1.807, 2.05) is 19.0 Å². The minimum Gasteiger partial charge on any atom is -0.322 e. The molecule has 1 aromatic carbocycles. The molecule has 0 aliphatic heterocycles. The third-order valence-electron chi connectivity index (χ3n) is 2.25. The summed E-state index contributed by atoms with van der Waals surface area (Å²) in [6.07, 6.45) is 0. The molecule has 0 atom stereocenters. The Labute approximate surface area is 117 Å². The molecule has 0 spiro atoms. The van der Waals surface area contributed by atoms with Crippen LogP contribution in [0.25, 0.3) is 0 Å². The van der Waals surface area contributed by atoms with Gasteiger partial charge in [-0.05, 0) is 26.2 Å². The molecule has 0 fully saturated rings. The van der Waals surface area contributed by atoms with Crippen LogP contribution in [0.3, 0.4) is 0 Å². The number of nitrogens with one attached hydrogen (secondary N) is 2. The van der Waals surface area contributed by atoms with Gasteiger partial charge in [0, 0.05) is 13.1 Å². The standard InChI is InChI=1S/C12H17Cl2N3O/c1-17(2)7-6-15-8-11(18)16-12-9(13)4-3-5-10(12)14/h3-5,15H,6-8H2,1-2H3,(H,16,18).